The molecule has 71 valence electrons. The van der Waals surface area contributed by atoms with Crippen LogP contribution >= 0.6 is 0 Å². The first-order valence-corrected chi connectivity index (χ1v) is 4.66. The topological polar surface area (TPSA) is 30.7 Å². The Hall–Kier alpha value is -1.64. The maximum Gasteiger partial charge on any atom is 0.0970 e. The summed E-state index contributed by atoms with van der Waals surface area (Å²) in [6, 6.07) is 9.11. The van der Waals surface area contributed by atoms with Gasteiger partial charge in [-0.25, -0.2) is 0 Å². The maximum atomic E-state index is 4.10. The Morgan fingerprint density at radius 1 is 1.29 bits per heavy atom. The lowest BCUT2D eigenvalue weighted by Crippen LogP contribution is -2.04. The quantitative estimate of drug-likeness (QED) is 0.719. The summed E-state index contributed by atoms with van der Waals surface area (Å²) in [5.41, 5.74) is 2.15. The van der Waals surface area contributed by atoms with Gasteiger partial charge in [0, 0.05) is 6.07 Å². The van der Waals surface area contributed by atoms with E-state index in [4.69, 9.17) is 0 Å². The Bertz CT molecular complexity index is 404. The minimum absolute atomic E-state index is 0.452. The van der Waals surface area contributed by atoms with E-state index in [1.807, 2.05) is 12.1 Å². The lowest BCUT2D eigenvalue weighted by Gasteiger charge is -2.10. The van der Waals surface area contributed by atoms with E-state index in [2.05, 4.69) is 36.2 Å². The highest BCUT2D eigenvalue weighted by Gasteiger charge is 2.08. The molecule has 2 rings (SSSR count). The van der Waals surface area contributed by atoms with Gasteiger partial charge in [-0.15, -0.1) is 0 Å². The summed E-state index contributed by atoms with van der Waals surface area (Å²) in [7, 11) is 0. The molecule has 14 heavy (non-hydrogen) atoms. The van der Waals surface area contributed by atoms with Crippen LogP contribution in [0.3, 0.4) is 0 Å². The highest BCUT2D eigenvalue weighted by Crippen LogP contribution is 2.20. The first-order valence-electron chi connectivity index (χ1n) is 4.66. The summed E-state index contributed by atoms with van der Waals surface area (Å²) in [5, 5.41) is 8.21. The molecule has 0 spiro atoms. The van der Waals surface area contributed by atoms with Crippen LogP contribution in [0.25, 0.3) is 5.69 Å². The van der Waals surface area contributed by atoms with Crippen molar-refractivity contribution in [3.63, 3.8) is 0 Å². The SMILES string of the molecule is CC(C)c1ccc[c]c1-n1nccn1. The zero-order valence-corrected chi connectivity index (χ0v) is 8.31. The number of hydrogen-bond donors (Lipinski definition) is 0. The number of aromatic nitrogens is 3. The van der Waals surface area contributed by atoms with Crippen molar-refractivity contribution in [2.45, 2.75) is 19.8 Å². The number of para-hydroxylation sites is 1. The first-order chi connectivity index (χ1) is 6.79. The lowest BCUT2D eigenvalue weighted by molar-refractivity contribution is 0.725. The average Bonchev–Trinajstić information content (AvgIpc) is 2.70. The lowest BCUT2D eigenvalue weighted by atomic mass is 10.0. The average molecular weight is 186 g/mol. The Morgan fingerprint density at radius 3 is 2.64 bits per heavy atom. The van der Waals surface area contributed by atoms with Crippen LogP contribution in [-0.4, -0.2) is 15.0 Å². The number of rotatable bonds is 2. The van der Waals surface area contributed by atoms with Crippen LogP contribution in [0.2, 0.25) is 0 Å². The molecule has 0 fully saturated rings. The molecule has 3 nitrogen and oxygen atoms in total. The van der Waals surface area contributed by atoms with Gasteiger partial charge in [0.05, 0.1) is 18.1 Å². The number of nitrogens with zero attached hydrogens (tertiary/aromatic N) is 3. The predicted octanol–water partition coefficient (Wildman–Crippen LogP) is 2.19. The van der Waals surface area contributed by atoms with Gasteiger partial charge in [0.25, 0.3) is 0 Å². The van der Waals surface area contributed by atoms with Crippen LogP contribution < -0.4 is 0 Å². The normalized spacial score (nSPS) is 10.8. The number of benzene rings is 1. The molecule has 0 amide bonds. The van der Waals surface area contributed by atoms with E-state index >= 15 is 0 Å². The van der Waals surface area contributed by atoms with Crippen LogP contribution in [0, 0.1) is 6.07 Å². The van der Waals surface area contributed by atoms with Gasteiger partial charge in [0.15, 0.2) is 0 Å². The molecule has 0 N–H and O–H groups in total. The third-order valence-electron chi connectivity index (χ3n) is 2.11. The van der Waals surface area contributed by atoms with Crippen molar-refractivity contribution in [1.82, 2.24) is 15.0 Å². The Labute approximate surface area is 83.4 Å². The monoisotopic (exact) mass is 186 g/mol. The van der Waals surface area contributed by atoms with Crippen molar-refractivity contribution in [1.29, 1.82) is 0 Å². The van der Waals surface area contributed by atoms with Gasteiger partial charge in [-0.2, -0.15) is 15.0 Å². The first kappa shape index (κ1) is 8.94. The molecule has 0 bridgehead atoms. The molecule has 2 aromatic rings. The molecule has 1 heterocycles. The van der Waals surface area contributed by atoms with Gasteiger partial charge in [-0.1, -0.05) is 32.0 Å². The second-order valence-electron chi connectivity index (χ2n) is 3.45. The summed E-state index contributed by atoms with van der Waals surface area (Å²) < 4.78 is 0. The van der Waals surface area contributed by atoms with E-state index in [9.17, 15) is 0 Å². The zero-order valence-electron chi connectivity index (χ0n) is 8.31. The van der Waals surface area contributed by atoms with E-state index < -0.39 is 0 Å². The van der Waals surface area contributed by atoms with Crippen molar-refractivity contribution in [2.75, 3.05) is 0 Å². The van der Waals surface area contributed by atoms with Crippen molar-refractivity contribution in [3.05, 3.63) is 42.2 Å². The number of hydrogen-bond acceptors (Lipinski definition) is 2. The van der Waals surface area contributed by atoms with Crippen LogP contribution in [0.15, 0.2) is 30.6 Å². The smallest absolute Gasteiger partial charge is 0.0970 e. The molecule has 0 aliphatic carbocycles. The molecular formula is C11H12N3. The highest BCUT2D eigenvalue weighted by molar-refractivity contribution is 5.39. The third-order valence-corrected chi connectivity index (χ3v) is 2.11. The third kappa shape index (κ3) is 1.53. The summed E-state index contributed by atoms with van der Waals surface area (Å²) in [5.74, 6) is 0.452. The van der Waals surface area contributed by atoms with Crippen molar-refractivity contribution >= 4 is 0 Å². The molecule has 1 aromatic carbocycles. The van der Waals surface area contributed by atoms with E-state index in [-0.39, 0.29) is 0 Å². The largest absolute Gasteiger partial charge is 0.157 e. The van der Waals surface area contributed by atoms with Gasteiger partial charge in [-0.3, -0.25) is 0 Å². The van der Waals surface area contributed by atoms with Gasteiger partial charge in [0.2, 0.25) is 0 Å². The fourth-order valence-corrected chi connectivity index (χ4v) is 1.41. The van der Waals surface area contributed by atoms with Gasteiger partial charge in [0.1, 0.15) is 0 Å². The van der Waals surface area contributed by atoms with Crippen LogP contribution in [0.5, 0.6) is 0 Å². The molecule has 1 radical (unpaired) electrons. The van der Waals surface area contributed by atoms with Crippen LogP contribution in [0.4, 0.5) is 0 Å². The van der Waals surface area contributed by atoms with Crippen LogP contribution in [0.1, 0.15) is 25.3 Å². The summed E-state index contributed by atoms with van der Waals surface area (Å²) in [6.45, 7) is 4.30. The van der Waals surface area contributed by atoms with Gasteiger partial charge >= 0.3 is 0 Å². The molecule has 0 saturated carbocycles. The van der Waals surface area contributed by atoms with Crippen LogP contribution in [-0.2, 0) is 0 Å². The van der Waals surface area contributed by atoms with E-state index in [0.717, 1.165) is 5.69 Å². The van der Waals surface area contributed by atoms with Crippen molar-refractivity contribution in [3.8, 4) is 5.69 Å². The fraction of sp³-hybridized carbons (Fsp3) is 0.273. The van der Waals surface area contributed by atoms with Gasteiger partial charge < -0.3 is 0 Å². The summed E-state index contributed by atoms with van der Waals surface area (Å²) in [6.07, 6.45) is 3.34. The fourth-order valence-electron chi connectivity index (χ4n) is 1.41. The minimum Gasteiger partial charge on any atom is -0.157 e. The van der Waals surface area contributed by atoms with Crippen molar-refractivity contribution in [2.24, 2.45) is 0 Å². The molecule has 0 atom stereocenters. The summed E-state index contributed by atoms with van der Waals surface area (Å²) in [4.78, 5) is 1.61. The van der Waals surface area contributed by atoms with Gasteiger partial charge in [-0.05, 0) is 11.5 Å². The molecule has 0 aliphatic heterocycles. The highest BCUT2D eigenvalue weighted by atomic mass is 15.5. The maximum absolute atomic E-state index is 4.10. The Balaban J connectivity index is 2.53. The Kier molecular flexibility index (Phi) is 2.31. The standard InChI is InChI=1S/C11H12N3/c1-9(2)10-5-3-4-6-11(10)14-12-7-8-13-14/h3-5,7-9H,1-2H3. The molecule has 1 aromatic heterocycles. The summed E-state index contributed by atoms with van der Waals surface area (Å²) >= 11 is 0. The second kappa shape index (κ2) is 3.62. The molecule has 0 saturated heterocycles. The second-order valence-corrected chi connectivity index (χ2v) is 3.45. The predicted molar refractivity (Wildman–Crippen MR) is 54.3 cm³/mol. The molecule has 0 unspecified atom stereocenters. The minimum atomic E-state index is 0.452. The Morgan fingerprint density at radius 2 is 2.00 bits per heavy atom. The molecular weight excluding hydrogens is 174 g/mol. The van der Waals surface area contributed by atoms with E-state index in [1.54, 1.807) is 17.2 Å². The molecule has 3 heteroatoms. The molecule has 0 aliphatic rings. The van der Waals surface area contributed by atoms with E-state index in [0.29, 0.717) is 5.92 Å². The van der Waals surface area contributed by atoms with Crippen molar-refractivity contribution < 1.29 is 0 Å². The zero-order chi connectivity index (χ0) is 9.97. The van der Waals surface area contributed by atoms with E-state index in [1.165, 1.54) is 5.56 Å².